The van der Waals surface area contributed by atoms with Gasteiger partial charge in [0, 0.05) is 74.0 Å². The molecule has 7 heteroatoms. The predicted octanol–water partition coefficient (Wildman–Crippen LogP) is 4.69. The molecule has 5 heterocycles. The van der Waals surface area contributed by atoms with Crippen LogP contribution in [0.25, 0.3) is 27.6 Å². The number of nitrogens with one attached hydrogen (secondary N) is 2. The maximum absolute atomic E-state index is 4.69. The summed E-state index contributed by atoms with van der Waals surface area (Å²) in [6, 6.07) is 12.8. The Morgan fingerprint density at radius 1 is 1.00 bits per heavy atom. The molecule has 0 aliphatic carbocycles. The number of hydrogen-bond donors (Lipinski definition) is 2. The molecule has 4 aromatic rings. The summed E-state index contributed by atoms with van der Waals surface area (Å²) in [5.41, 5.74) is 4.93. The molecule has 3 aromatic heterocycles. The molecule has 1 aromatic carbocycles. The standard InChI is InChI=1S/C28H31N7/c1-3-25(21-6-9-30-27(14-21)35-10-7-28(8-11-35)18-29-19-28)33-26-13-23-12-20(4-5-22(23)15-31-26)24-16-32-34(2)17-24/h3-6,9,12-17,29H,7-8,10-11,18-19H2,1-2H3,(H,31,33)/b25-3+. The highest BCUT2D eigenvalue weighted by molar-refractivity contribution is 5.89. The lowest BCUT2D eigenvalue weighted by Gasteiger charge is -2.48. The average Bonchev–Trinajstić information content (AvgIpc) is 3.32. The van der Waals surface area contributed by atoms with Crippen LogP contribution in [0.5, 0.6) is 0 Å². The second kappa shape index (κ2) is 8.82. The fraction of sp³-hybridized carbons (Fsp3) is 0.321. The number of aryl methyl sites for hydroxylation is 1. The molecule has 2 fully saturated rings. The van der Waals surface area contributed by atoms with E-state index in [4.69, 9.17) is 4.98 Å². The number of aromatic nitrogens is 4. The third-order valence-corrected chi connectivity index (χ3v) is 7.52. The molecular weight excluding hydrogens is 434 g/mol. The van der Waals surface area contributed by atoms with Crippen LogP contribution in [-0.2, 0) is 7.05 Å². The zero-order chi connectivity index (χ0) is 23.8. The largest absolute Gasteiger partial charge is 0.357 e. The highest BCUT2D eigenvalue weighted by atomic mass is 15.2. The van der Waals surface area contributed by atoms with Crippen molar-refractivity contribution in [1.82, 2.24) is 25.1 Å². The fourth-order valence-corrected chi connectivity index (χ4v) is 5.21. The van der Waals surface area contributed by atoms with Crippen molar-refractivity contribution in [2.75, 3.05) is 36.4 Å². The summed E-state index contributed by atoms with van der Waals surface area (Å²) in [4.78, 5) is 11.8. The van der Waals surface area contributed by atoms with E-state index in [1.54, 1.807) is 0 Å². The minimum absolute atomic E-state index is 0.531. The van der Waals surface area contributed by atoms with Crippen LogP contribution in [0.1, 0.15) is 25.3 Å². The first-order chi connectivity index (χ1) is 17.1. The molecule has 2 aliphatic rings. The van der Waals surface area contributed by atoms with Gasteiger partial charge in [-0.15, -0.1) is 0 Å². The summed E-state index contributed by atoms with van der Waals surface area (Å²) >= 11 is 0. The van der Waals surface area contributed by atoms with Gasteiger partial charge in [0.1, 0.15) is 11.6 Å². The Bertz CT molecular complexity index is 1390. The van der Waals surface area contributed by atoms with Crippen LogP contribution in [0, 0.1) is 5.41 Å². The zero-order valence-electron chi connectivity index (χ0n) is 20.3. The highest BCUT2D eigenvalue weighted by Crippen LogP contribution is 2.36. The van der Waals surface area contributed by atoms with E-state index in [9.17, 15) is 0 Å². The lowest BCUT2D eigenvalue weighted by atomic mass is 9.73. The predicted molar refractivity (Wildman–Crippen MR) is 142 cm³/mol. The third-order valence-electron chi connectivity index (χ3n) is 7.52. The lowest BCUT2D eigenvalue weighted by Crippen LogP contribution is -2.58. The van der Waals surface area contributed by atoms with Crippen LogP contribution in [-0.4, -0.2) is 45.9 Å². The minimum atomic E-state index is 0.531. The summed E-state index contributed by atoms with van der Waals surface area (Å²) in [7, 11) is 1.94. The number of pyridine rings is 2. The molecule has 0 bridgehead atoms. The first-order valence-electron chi connectivity index (χ1n) is 12.4. The van der Waals surface area contributed by atoms with Gasteiger partial charge >= 0.3 is 0 Å². The van der Waals surface area contributed by atoms with Crippen molar-refractivity contribution in [3.8, 4) is 11.1 Å². The van der Waals surface area contributed by atoms with Crippen molar-refractivity contribution in [3.05, 3.63) is 72.8 Å². The molecule has 2 N–H and O–H groups in total. The molecule has 0 amide bonds. The molecule has 0 radical (unpaired) electrons. The molecule has 0 saturated carbocycles. The quantitative estimate of drug-likeness (QED) is 0.446. The number of anilines is 2. The first-order valence-corrected chi connectivity index (χ1v) is 12.4. The third kappa shape index (κ3) is 4.28. The SMILES string of the molecule is C/C=C(/Nc1cc2cc(-c3cnn(C)c3)ccc2cn1)c1ccnc(N2CCC3(CC2)CNC3)c1. The Morgan fingerprint density at radius 3 is 2.57 bits per heavy atom. The lowest BCUT2D eigenvalue weighted by molar-refractivity contribution is 0.126. The van der Waals surface area contributed by atoms with Gasteiger partial charge in [0.15, 0.2) is 0 Å². The molecule has 2 saturated heterocycles. The number of rotatable bonds is 5. The normalized spacial score (nSPS) is 17.5. The number of allylic oxidation sites excluding steroid dienone is 1. The van der Waals surface area contributed by atoms with E-state index in [-0.39, 0.29) is 0 Å². The Labute approximate surface area is 205 Å². The average molecular weight is 466 g/mol. The summed E-state index contributed by atoms with van der Waals surface area (Å²) < 4.78 is 1.83. The van der Waals surface area contributed by atoms with Crippen molar-refractivity contribution in [1.29, 1.82) is 0 Å². The Morgan fingerprint density at radius 2 is 1.86 bits per heavy atom. The van der Waals surface area contributed by atoms with Crippen molar-refractivity contribution in [3.63, 3.8) is 0 Å². The monoisotopic (exact) mass is 465 g/mol. The van der Waals surface area contributed by atoms with E-state index in [2.05, 4.69) is 75.0 Å². The van der Waals surface area contributed by atoms with Gasteiger partial charge in [0.05, 0.1) is 6.20 Å². The highest BCUT2D eigenvalue weighted by Gasteiger charge is 2.39. The molecule has 7 nitrogen and oxygen atoms in total. The number of nitrogens with zero attached hydrogens (tertiary/aromatic N) is 5. The van der Waals surface area contributed by atoms with Crippen LogP contribution >= 0.6 is 0 Å². The van der Waals surface area contributed by atoms with Crippen LogP contribution in [0.4, 0.5) is 11.6 Å². The van der Waals surface area contributed by atoms with Gasteiger partial charge < -0.3 is 15.5 Å². The molecule has 1 spiro atoms. The number of benzene rings is 1. The maximum Gasteiger partial charge on any atom is 0.130 e. The molecule has 35 heavy (non-hydrogen) atoms. The van der Waals surface area contributed by atoms with E-state index in [1.165, 1.54) is 25.9 Å². The van der Waals surface area contributed by atoms with E-state index < -0.39 is 0 Å². The van der Waals surface area contributed by atoms with Gasteiger partial charge in [-0.25, -0.2) is 9.97 Å². The summed E-state index contributed by atoms with van der Waals surface area (Å²) in [5.74, 6) is 1.88. The fourth-order valence-electron chi connectivity index (χ4n) is 5.21. The molecular formula is C28H31N7. The van der Waals surface area contributed by atoms with Crippen LogP contribution in [0.3, 0.4) is 0 Å². The van der Waals surface area contributed by atoms with Gasteiger partial charge in [-0.05, 0) is 60.4 Å². The topological polar surface area (TPSA) is 70.9 Å². The van der Waals surface area contributed by atoms with Gasteiger partial charge in [-0.3, -0.25) is 4.68 Å². The smallest absolute Gasteiger partial charge is 0.130 e. The summed E-state index contributed by atoms with van der Waals surface area (Å²) in [5, 5.41) is 13.5. The van der Waals surface area contributed by atoms with E-state index in [0.29, 0.717) is 5.41 Å². The number of piperidine rings is 1. The molecule has 0 atom stereocenters. The van der Waals surface area contributed by atoms with E-state index in [1.807, 2.05) is 36.5 Å². The van der Waals surface area contributed by atoms with Gasteiger partial charge in [0.25, 0.3) is 0 Å². The van der Waals surface area contributed by atoms with Crippen molar-refractivity contribution in [2.45, 2.75) is 19.8 Å². The second-order valence-corrected chi connectivity index (χ2v) is 9.85. The van der Waals surface area contributed by atoms with Crippen LogP contribution in [0.15, 0.2) is 67.3 Å². The van der Waals surface area contributed by atoms with E-state index in [0.717, 1.165) is 57.9 Å². The molecule has 6 rings (SSSR count). The second-order valence-electron chi connectivity index (χ2n) is 9.85. The van der Waals surface area contributed by atoms with Crippen molar-refractivity contribution < 1.29 is 0 Å². The Kier molecular flexibility index (Phi) is 5.49. The Hall–Kier alpha value is -3.71. The first kappa shape index (κ1) is 21.8. The molecule has 0 unspecified atom stereocenters. The Balaban J connectivity index is 1.22. The minimum Gasteiger partial charge on any atom is -0.357 e. The summed E-state index contributed by atoms with van der Waals surface area (Å²) in [6.07, 6.45) is 12.3. The summed E-state index contributed by atoms with van der Waals surface area (Å²) in [6.45, 7) is 6.54. The number of hydrogen-bond acceptors (Lipinski definition) is 6. The van der Waals surface area contributed by atoms with E-state index >= 15 is 0 Å². The zero-order valence-corrected chi connectivity index (χ0v) is 20.3. The van der Waals surface area contributed by atoms with Gasteiger partial charge in [0.2, 0.25) is 0 Å². The molecule has 178 valence electrons. The number of fused-ring (bicyclic) bond motifs is 1. The molecule has 2 aliphatic heterocycles. The van der Waals surface area contributed by atoms with Crippen molar-refractivity contribution in [2.24, 2.45) is 12.5 Å². The van der Waals surface area contributed by atoms with Gasteiger partial charge in [-0.2, -0.15) is 5.10 Å². The van der Waals surface area contributed by atoms with Gasteiger partial charge in [-0.1, -0.05) is 18.2 Å². The van der Waals surface area contributed by atoms with Crippen LogP contribution in [0.2, 0.25) is 0 Å². The van der Waals surface area contributed by atoms with Crippen LogP contribution < -0.4 is 15.5 Å². The maximum atomic E-state index is 4.69. The van der Waals surface area contributed by atoms with Crippen molar-refractivity contribution >= 4 is 28.1 Å².